The Morgan fingerprint density at radius 1 is 1.21 bits per heavy atom. The molecule has 4 nitrogen and oxygen atoms in total. The predicted octanol–water partition coefficient (Wildman–Crippen LogP) is 3.59. The molecule has 1 atom stereocenters. The molecule has 1 unspecified atom stereocenters. The molecule has 2 aromatic rings. The summed E-state index contributed by atoms with van der Waals surface area (Å²) >= 11 is 0. The summed E-state index contributed by atoms with van der Waals surface area (Å²) in [5, 5.41) is 0. The van der Waals surface area contributed by atoms with Gasteiger partial charge in [0.05, 0.1) is 5.56 Å². The average molecular weight is 256 g/mol. The van der Waals surface area contributed by atoms with Crippen LogP contribution >= 0.6 is 0 Å². The van der Waals surface area contributed by atoms with Gasteiger partial charge in [-0.05, 0) is 30.0 Å². The lowest BCUT2D eigenvalue weighted by molar-refractivity contribution is 0.112. The van der Waals surface area contributed by atoms with Crippen LogP contribution in [0.5, 0.6) is 11.8 Å². The van der Waals surface area contributed by atoms with E-state index in [1.165, 1.54) is 18.0 Å². The van der Waals surface area contributed by atoms with Crippen LogP contribution in [0.3, 0.4) is 0 Å². The molecule has 98 valence electrons. The first-order chi connectivity index (χ1) is 9.22. The van der Waals surface area contributed by atoms with E-state index in [2.05, 4.69) is 23.8 Å². The van der Waals surface area contributed by atoms with Gasteiger partial charge in [-0.1, -0.05) is 26.0 Å². The molecule has 0 N–H and O–H groups in total. The molecule has 0 amide bonds. The van der Waals surface area contributed by atoms with Crippen LogP contribution < -0.4 is 4.74 Å². The molecule has 0 saturated heterocycles. The summed E-state index contributed by atoms with van der Waals surface area (Å²) in [6.07, 6.45) is 4.67. The molecule has 1 heterocycles. The quantitative estimate of drug-likeness (QED) is 0.767. The van der Waals surface area contributed by atoms with E-state index >= 15 is 0 Å². The zero-order chi connectivity index (χ0) is 13.7. The molecule has 0 aliphatic carbocycles. The fraction of sp³-hybridized carbons (Fsp3) is 0.267. The molecule has 0 saturated carbocycles. The van der Waals surface area contributed by atoms with Crippen molar-refractivity contribution in [2.45, 2.75) is 26.2 Å². The highest BCUT2D eigenvalue weighted by Gasteiger charge is 2.04. The molecule has 1 aromatic heterocycles. The van der Waals surface area contributed by atoms with E-state index < -0.39 is 0 Å². The van der Waals surface area contributed by atoms with Gasteiger partial charge in [-0.15, -0.1) is 0 Å². The fourth-order valence-electron chi connectivity index (χ4n) is 1.65. The second-order valence-electron chi connectivity index (χ2n) is 4.40. The van der Waals surface area contributed by atoms with E-state index in [0.717, 1.165) is 6.42 Å². The molecule has 0 aliphatic heterocycles. The molecule has 2 rings (SSSR count). The maximum absolute atomic E-state index is 10.5. The third-order valence-corrected chi connectivity index (χ3v) is 3.05. The minimum absolute atomic E-state index is 0.238. The zero-order valence-electron chi connectivity index (χ0n) is 11.0. The Hall–Kier alpha value is -2.23. The van der Waals surface area contributed by atoms with Gasteiger partial charge in [-0.25, -0.2) is 9.97 Å². The molecular formula is C15H16N2O2. The van der Waals surface area contributed by atoms with E-state index in [1.54, 1.807) is 0 Å². The van der Waals surface area contributed by atoms with Crippen molar-refractivity contribution in [3.8, 4) is 11.8 Å². The van der Waals surface area contributed by atoms with Gasteiger partial charge in [0, 0.05) is 12.4 Å². The first-order valence-electron chi connectivity index (χ1n) is 6.28. The number of rotatable bonds is 5. The highest BCUT2D eigenvalue weighted by Crippen LogP contribution is 2.23. The standard InChI is InChI=1S/C15H16N2O2/c1-3-11(2)13-4-6-14(7-5-13)19-15-16-8-12(10-18)9-17-15/h4-11H,3H2,1-2H3. The van der Waals surface area contributed by atoms with Crippen molar-refractivity contribution >= 4 is 6.29 Å². The number of hydrogen-bond donors (Lipinski definition) is 0. The summed E-state index contributed by atoms with van der Waals surface area (Å²) in [4.78, 5) is 18.4. The Kier molecular flexibility index (Phi) is 4.23. The molecule has 1 aromatic carbocycles. The minimum Gasteiger partial charge on any atom is -0.424 e. The Morgan fingerprint density at radius 2 is 1.84 bits per heavy atom. The Bertz CT molecular complexity index is 535. The Labute approximate surface area is 112 Å². The SMILES string of the molecule is CCC(C)c1ccc(Oc2ncc(C=O)cn2)cc1. The van der Waals surface area contributed by atoms with Gasteiger partial charge in [0.2, 0.25) is 0 Å². The third kappa shape index (κ3) is 3.37. The van der Waals surface area contributed by atoms with Crippen molar-refractivity contribution in [3.05, 3.63) is 47.8 Å². The van der Waals surface area contributed by atoms with Crippen LogP contribution in [0.15, 0.2) is 36.7 Å². The first kappa shape index (κ1) is 13.2. The molecular weight excluding hydrogens is 240 g/mol. The van der Waals surface area contributed by atoms with E-state index in [-0.39, 0.29) is 6.01 Å². The van der Waals surface area contributed by atoms with Gasteiger partial charge in [-0.2, -0.15) is 0 Å². The van der Waals surface area contributed by atoms with Crippen LogP contribution in [0.1, 0.15) is 42.1 Å². The lowest BCUT2D eigenvalue weighted by Crippen LogP contribution is -1.94. The number of benzene rings is 1. The highest BCUT2D eigenvalue weighted by molar-refractivity contribution is 5.73. The molecule has 19 heavy (non-hydrogen) atoms. The van der Waals surface area contributed by atoms with E-state index in [4.69, 9.17) is 4.74 Å². The summed E-state index contributed by atoms with van der Waals surface area (Å²) in [6, 6.07) is 8.13. The van der Waals surface area contributed by atoms with Crippen LogP contribution in [0.25, 0.3) is 0 Å². The first-order valence-corrected chi connectivity index (χ1v) is 6.28. The van der Waals surface area contributed by atoms with Crippen LogP contribution in [-0.4, -0.2) is 16.3 Å². The molecule has 0 fully saturated rings. The smallest absolute Gasteiger partial charge is 0.321 e. The molecule has 0 spiro atoms. The van der Waals surface area contributed by atoms with Gasteiger partial charge < -0.3 is 4.74 Å². The third-order valence-electron chi connectivity index (χ3n) is 3.05. The van der Waals surface area contributed by atoms with Gasteiger partial charge in [-0.3, -0.25) is 4.79 Å². The van der Waals surface area contributed by atoms with Gasteiger partial charge in [0.1, 0.15) is 5.75 Å². The number of aldehydes is 1. The summed E-state index contributed by atoms with van der Waals surface area (Å²) in [6.45, 7) is 4.36. The summed E-state index contributed by atoms with van der Waals surface area (Å²) in [7, 11) is 0. The second-order valence-corrected chi connectivity index (χ2v) is 4.40. The Balaban J connectivity index is 2.08. The average Bonchev–Trinajstić information content (AvgIpc) is 2.48. The maximum Gasteiger partial charge on any atom is 0.321 e. The van der Waals surface area contributed by atoms with Gasteiger partial charge >= 0.3 is 6.01 Å². The van der Waals surface area contributed by atoms with Crippen LogP contribution in [0.4, 0.5) is 0 Å². The molecule has 0 bridgehead atoms. The zero-order valence-corrected chi connectivity index (χ0v) is 11.0. The molecule has 0 radical (unpaired) electrons. The van der Waals surface area contributed by atoms with Crippen molar-refractivity contribution in [2.24, 2.45) is 0 Å². The highest BCUT2D eigenvalue weighted by atomic mass is 16.5. The van der Waals surface area contributed by atoms with Crippen molar-refractivity contribution in [3.63, 3.8) is 0 Å². The topological polar surface area (TPSA) is 52.1 Å². The second kappa shape index (κ2) is 6.09. The molecule has 4 heteroatoms. The lowest BCUT2D eigenvalue weighted by Gasteiger charge is -2.09. The summed E-state index contributed by atoms with van der Waals surface area (Å²) in [5.41, 5.74) is 1.71. The van der Waals surface area contributed by atoms with Crippen molar-refractivity contribution < 1.29 is 9.53 Å². The summed E-state index contributed by atoms with van der Waals surface area (Å²) < 4.78 is 5.51. The normalized spacial score (nSPS) is 11.9. The van der Waals surface area contributed by atoms with Crippen molar-refractivity contribution in [1.29, 1.82) is 0 Å². The number of carbonyl (C=O) groups excluding carboxylic acids is 1. The fourth-order valence-corrected chi connectivity index (χ4v) is 1.65. The van der Waals surface area contributed by atoms with Crippen LogP contribution in [0.2, 0.25) is 0 Å². The lowest BCUT2D eigenvalue weighted by atomic mass is 9.99. The van der Waals surface area contributed by atoms with E-state index in [1.807, 2.05) is 24.3 Å². The largest absolute Gasteiger partial charge is 0.424 e. The van der Waals surface area contributed by atoms with Crippen molar-refractivity contribution in [2.75, 3.05) is 0 Å². The number of nitrogens with zero attached hydrogens (tertiary/aromatic N) is 2. The minimum atomic E-state index is 0.238. The number of carbonyl (C=O) groups is 1. The Morgan fingerprint density at radius 3 is 2.37 bits per heavy atom. The van der Waals surface area contributed by atoms with Crippen molar-refractivity contribution in [1.82, 2.24) is 9.97 Å². The van der Waals surface area contributed by atoms with E-state index in [9.17, 15) is 4.79 Å². The maximum atomic E-state index is 10.5. The predicted molar refractivity (Wildman–Crippen MR) is 72.6 cm³/mol. The monoisotopic (exact) mass is 256 g/mol. The number of ether oxygens (including phenoxy) is 1. The number of aromatic nitrogens is 2. The number of hydrogen-bond acceptors (Lipinski definition) is 4. The van der Waals surface area contributed by atoms with Crippen LogP contribution in [-0.2, 0) is 0 Å². The van der Waals surface area contributed by atoms with Crippen LogP contribution in [0, 0.1) is 0 Å². The molecule has 0 aliphatic rings. The van der Waals surface area contributed by atoms with Gasteiger partial charge in [0.25, 0.3) is 0 Å². The van der Waals surface area contributed by atoms with E-state index in [0.29, 0.717) is 23.5 Å². The van der Waals surface area contributed by atoms with Gasteiger partial charge in [0.15, 0.2) is 6.29 Å². The summed E-state index contributed by atoms with van der Waals surface area (Å²) in [5.74, 6) is 1.23.